The van der Waals surface area contributed by atoms with Gasteiger partial charge in [0.1, 0.15) is 0 Å². The molecule has 59 heavy (non-hydrogen) atoms. The largest absolute Gasteiger partial charge is 0.465 e. The number of hydrogen-bond acceptors (Lipinski definition) is 9. The van der Waals surface area contributed by atoms with Gasteiger partial charge in [0.05, 0.1) is 38.0 Å². The number of hydrogen-bond donors (Lipinski definition) is 2. The maximum absolute atomic E-state index is 13.1. The maximum Gasteiger partial charge on any atom is 0.320 e. The molecule has 0 aliphatic heterocycles. The summed E-state index contributed by atoms with van der Waals surface area (Å²) in [4.78, 5) is 66.0. The Kier molecular flexibility index (Phi) is 38.8. The van der Waals surface area contributed by atoms with E-state index in [1.165, 1.54) is 70.6 Å². The van der Waals surface area contributed by atoms with Gasteiger partial charge >= 0.3 is 17.9 Å². The average molecular weight is 838 g/mol. The van der Waals surface area contributed by atoms with E-state index >= 15 is 0 Å². The van der Waals surface area contributed by atoms with Gasteiger partial charge in [-0.15, -0.1) is 0 Å². The highest BCUT2D eigenvalue weighted by atomic mass is 16.6. The maximum atomic E-state index is 13.1. The van der Waals surface area contributed by atoms with Crippen LogP contribution in [0.2, 0.25) is 0 Å². The Hall–Kier alpha value is -2.69. The Morgan fingerprint density at radius 2 is 0.847 bits per heavy atom. The number of likely N-dealkylation sites (N-methyl/N-ethyl adjacent to an activating group) is 1. The van der Waals surface area contributed by atoms with Crippen LogP contribution >= 0.6 is 0 Å². The fourth-order valence-electron chi connectivity index (χ4n) is 7.21. The molecule has 2 amide bonds. The lowest BCUT2D eigenvalue weighted by Gasteiger charge is -2.19. The average Bonchev–Trinajstić information content (AvgIpc) is 3.20. The molecule has 3 atom stereocenters. The third-order valence-electron chi connectivity index (χ3n) is 10.9. The molecule has 0 heterocycles. The zero-order chi connectivity index (χ0) is 43.8. The fraction of sp³-hybridized carbons (Fsp3) is 0.896. The molecule has 0 spiro atoms. The van der Waals surface area contributed by atoms with Gasteiger partial charge in [-0.1, -0.05) is 156 Å². The molecule has 0 fully saturated rings. The molecule has 3 unspecified atom stereocenters. The highest BCUT2D eigenvalue weighted by molar-refractivity contribution is 5.89. The lowest BCUT2D eigenvalue weighted by molar-refractivity contribution is -0.158. The van der Waals surface area contributed by atoms with Crippen LogP contribution < -0.4 is 10.6 Å². The molecule has 0 bridgehead atoms. The van der Waals surface area contributed by atoms with E-state index in [2.05, 4.69) is 38.3 Å². The van der Waals surface area contributed by atoms with Crippen molar-refractivity contribution in [2.45, 2.75) is 220 Å². The monoisotopic (exact) mass is 838 g/mol. The number of nitrogens with one attached hydrogen (secondary N) is 2. The zero-order valence-electron chi connectivity index (χ0n) is 39.0. The molecular weight excluding hydrogens is 747 g/mol. The summed E-state index contributed by atoms with van der Waals surface area (Å²) in [7, 11) is 3.44. The van der Waals surface area contributed by atoms with E-state index in [9.17, 15) is 24.0 Å². The number of nitrogens with zero attached hydrogens (tertiary/aromatic N) is 1. The summed E-state index contributed by atoms with van der Waals surface area (Å²) < 4.78 is 16.8. The third kappa shape index (κ3) is 34.7. The van der Waals surface area contributed by atoms with Crippen LogP contribution in [0.15, 0.2) is 0 Å². The second kappa shape index (κ2) is 40.7. The standard InChI is InChI=1S/C48H91N3O8/c1-7-11-15-19-21-25-33-41(31-23-17-13-9-3)47(55)57-37-29-27-35-49-44(52)39-43(59-45(53)40-51(5)6)46(54)50-36-28-30-38-58-48(56)42(32-24-18-14-10-4)34-26-22-20-16-12-8-2/h41-43H,7-40H2,1-6H3,(H,49,52)(H,50,54). The summed E-state index contributed by atoms with van der Waals surface area (Å²) in [6, 6.07) is 0. The van der Waals surface area contributed by atoms with Crippen molar-refractivity contribution in [1.82, 2.24) is 15.5 Å². The van der Waals surface area contributed by atoms with Crippen molar-refractivity contribution < 1.29 is 38.2 Å². The van der Waals surface area contributed by atoms with Crippen molar-refractivity contribution in [1.29, 1.82) is 0 Å². The zero-order valence-corrected chi connectivity index (χ0v) is 39.0. The fourth-order valence-corrected chi connectivity index (χ4v) is 7.21. The topological polar surface area (TPSA) is 140 Å². The van der Waals surface area contributed by atoms with E-state index in [1.54, 1.807) is 19.0 Å². The van der Waals surface area contributed by atoms with Crippen LogP contribution in [0.4, 0.5) is 0 Å². The molecule has 0 aliphatic carbocycles. The van der Waals surface area contributed by atoms with E-state index < -0.39 is 23.9 Å². The lowest BCUT2D eigenvalue weighted by Crippen LogP contribution is -2.43. The molecule has 0 aliphatic rings. The van der Waals surface area contributed by atoms with E-state index in [4.69, 9.17) is 14.2 Å². The number of esters is 3. The third-order valence-corrected chi connectivity index (χ3v) is 10.9. The second-order valence-corrected chi connectivity index (χ2v) is 17.0. The van der Waals surface area contributed by atoms with Crippen LogP contribution in [0.3, 0.4) is 0 Å². The Balaban J connectivity index is 4.76. The predicted molar refractivity (Wildman–Crippen MR) is 240 cm³/mol. The summed E-state index contributed by atoms with van der Waals surface area (Å²) >= 11 is 0. The smallest absolute Gasteiger partial charge is 0.320 e. The molecular formula is C48H91N3O8. The van der Waals surface area contributed by atoms with Crippen LogP contribution in [-0.2, 0) is 38.2 Å². The van der Waals surface area contributed by atoms with Gasteiger partial charge in [0.2, 0.25) is 5.91 Å². The van der Waals surface area contributed by atoms with E-state index in [0.29, 0.717) is 52.0 Å². The molecule has 0 radical (unpaired) electrons. The molecule has 2 N–H and O–H groups in total. The molecule has 11 nitrogen and oxygen atoms in total. The molecule has 0 rings (SSSR count). The van der Waals surface area contributed by atoms with Crippen molar-refractivity contribution in [2.24, 2.45) is 11.8 Å². The first kappa shape index (κ1) is 56.3. The van der Waals surface area contributed by atoms with E-state index in [0.717, 1.165) is 83.5 Å². The highest BCUT2D eigenvalue weighted by Gasteiger charge is 2.26. The molecule has 0 saturated carbocycles. The van der Waals surface area contributed by atoms with Crippen LogP contribution in [0.1, 0.15) is 214 Å². The molecule has 0 aromatic rings. The Morgan fingerprint density at radius 3 is 1.25 bits per heavy atom. The minimum Gasteiger partial charge on any atom is -0.465 e. The predicted octanol–water partition coefficient (Wildman–Crippen LogP) is 10.4. The number of amides is 2. The summed E-state index contributed by atoms with van der Waals surface area (Å²) in [6.07, 6.45) is 27.8. The first-order valence-corrected chi connectivity index (χ1v) is 24.3. The summed E-state index contributed by atoms with van der Waals surface area (Å²) in [5.74, 6) is -1.84. The molecule has 0 saturated heterocycles. The van der Waals surface area contributed by atoms with Crippen LogP contribution in [-0.4, -0.2) is 87.7 Å². The van der Waals surface area contributed by atoms with Gasteiger partial charge in [0.15, 0.2) is 6.10 Å². The summed E-state index contributed by atoms with van der Waals surface area (Å²) in [5, 5.41) is 5.61. The quantitative estimate of drug-likeness (QED) is 0.0349. The van der Waals surface area contributed by atoms with E-state index in [-0.39, 0.29) is 36.7 Å². The van der Waals surface area contributed by atoms with Gasteiger partial charge in [0.25, 0.3) is 5.91 Å². The van der Waals surface area contributed by atoms with Gasteiger partial charge in [0, 0.05) is 13.1 Å². The van der Waals surface area contributed by atoms with Crippen molar-refractivity contribution >= 4 is 29.7 Å². The number of carbonyl (C=O) groups excluding carboxylic acids is 5. The molecule has 346 valence electrons. The lowest BCUT2D eigenvalue weighted by atomic mass is 9.94. The summed E-state index contributed by atoms with van der Waals surface area (Å²) in [5.41, 5.74) is 0. The van der Waals surface area contributed by atoms with E-state index in [1.807, 2.05) is 0 Å². The number of ether oxygens (including phenoxy) is 3. The van der Waals surface area contributed by atoms with Crippen molar-refractivity contribution in [2.75, 3.05) is 46.9 Å². The van der Waals surface area contributed by atoms with Gasteiger partial charge in [-0.05, 0) is 65.5 Å². The van der Waals surface area contributed by atoms with Gasteiger partial charge in [-0.25, -0.2) is 0 Å². The summed E-state index contributed by atoms with van der Waals surface area (Å²) in [6.45, 7) is 10.0. The SMILES string of the molecule is CCCCCCCCC(CCCCCC)C(=O)OCCCCNC(=O)CC(OC(=O)CN(C)C)C(=O)NCCCCOC(=O)C(CCCCCC)CCCCCCCC. The van der Waals surface area contributed by atoms with Gasteiger partial charge < -0.3 is 24.8 Å². The van der Waals surface area contributed by atoms with Crippen molar-refractivity contribution in [3.8, 4) is 0 Å². The van der Waals surface area contributed by atoms with Crippen LogP contribution in [0, 0.1) is 11.8 Å². The van der Waals surface area contributed by atoms with Gasteiger partial charge in [-0.2, -0.15) is 0 Å². The Labute approximate surface area is 361 Å². The Morgan fingerprint density at radius 1 is 0.475 bits per heavy atom. The van der Waals surface area contributed by atoms with Crippen LogP contribution in [0.25, 0.3) is 0 Å². The normalized spacial score (nSPS) is 12.8. The molecule has 11 heteroatoms. The Bertz CT molecular complexity index is 1060. The number of carbonyl (C=O) groups is 5. The van der Waals surface area contributed by atoms with Crippen LogP contribution in [0.5, 0.6) is 0 Å². The van der Waals surface area contributed by atoms with Crippen molar-refractivity contribution in [3.63, 3.8) is 0 Å². The minimum absolute atomic E-state index is 0.0213. The van der Waals surface area contributed by atoms with Crippen molar-refractivity contribution in [3.05, 3.63) is 0 Å². The first-order valence-electron chi connectivity index (χ1n) is 24.3. The minimum atomic E-state index is -1.27. The molecule has 0 aromatic heterocycles. The number of rotatable bonds is 42. The first-order chi connectivity index (χ1) is 28.6. The molecule has 0 aromatic carbocycles. The van der Waals surface area contributed by atoms with Gasteiger partial charge in [-0.3, -0.25) is 28.9 Å². The second-order valence-electron chi connectivity index (χ2n) is 17.0. The number of unbranched alkanes of at least 4 members (excludes halogenated alkanes) is 18. The highest BCUT2D eigenvalue weighted by Crippen LogP contribution is 2.22.